The van der Waals surface area contributed by atoms with Crippen molar-refractivity contribution in [2.75, 3.05) is 12.5 Å². The first-order chi connectivity index (χ1) is 5.61. The van der Waals surface area contributed by atoms with Gasteiger partial charge in [0.25, 0.3) is 0 Å². The molecule has 66 valence electrons. The molecule has 0 heterocycles. The maximum absolute atomic E-state index is 5.90. The highest BCUT2D eigenvalue weighted by molar-refractivity contribution is 7.85. The summed E-state index contributed by atoms with van der Waals surface area (Å²) in [6.07, 6.45) is 4.03. The van der Waals surface area contributed by atoms with Crippen molar-refractivity contribution in [3.8, 4) is 0 Å². The predicted octanol–water partition coefficient (Wildman–Crippen LogP) is 3.69. The molecule has 0 aliphatic rings. The van der Waals surface area contributed by atoms with Gasteiger partial charge in [0, 0.05) is 0 Å². The van der Waals surface area contributed by atoms with E-state index in [2.05, 4.69) is 4.36 Å². The van der Waals surface area contributed by atoms with E-state index in [0.29, 0.717) is 15.7 Å². The van der Waals surface area contributed by atoms with Gasteiger partial charge < -0.3 is 0 Å². The molecule has 0 radical (unpaired) electrons. The molecule has 0 unspecified atom stereocenters. The third-order valence-corrected chi connectivity index (χ3v) is 2.37. The van der Waals surface area contributed by atoms with Crippen molar-refractivity contribution in [2.24, 2.45) is 4.36 Å². The number of hydrogen-bond donors (Lipinski definition) is 0. The van der Waals surface area contributed by atoms with E-state index in [-0.39, 0.29) is 10.7 Å². The predicted molar refractivity (Wildman–Crippen MR) is 57.8 cm³/mol. The lowest BCUT2D eigenvalue weighted by molar-refractivity contribution is 1.56. The van der Waals surface area contributed by atoms with Gasteiger partial charge in [0.05, 0.1) is 10.0 Å². The van der Waals surface area contributed by atoms with E-state index in [1.165, 1.54) is 0 Å². The highest BCUT2D eigenvalue weighted by Gasteiger charge is 2.02. The average Bonchev–Trinajstić information content (AvgIpc) is 1.97. The zero-order chi connectivity index (χ0) is 9.14. The second kappa shape index (κ2) is 4.26. The molecule has 0 fully saturated rings. The quantitative estimate of drug-likeness (QED) is 0.687. The number of hydrogen-bond acceptors (Lipinski definition) is 1. The molecule has 12 heavy (non-hydrogen) atoms. The highest BCUT2D eigenvalue weighted by atomic mass is 35.5. The molecule has 1 rings (SSSR count). The lowest BCUT2D eigenvalue weighted by Crippen LogP contribution is -1.78. The Bertz CT molecular complexity index is 299. The van der Waals surface area contributed by atoms with Crippen molar-refractivity contribution in [3.05, 3.63) is 28.2 Å². The van der Waals surface area contributed by atoms with Gasteiger partial charge in [0.15, 0.2) is 0 Å². The molecule has 0 amide bonds. The molecular formula is C8H9Cl2NS. The molecule has 0 saturated carbocycles. The second-order valence-electron chi connectivity index (χ2n) is 2.43. The summed E-state index contributed by atoms with van der Waals surface area (Å²) in [4.78, 5) is 0. The van der Waals surface area contributed by atoms with Crippen LogP contribution in [0.15, 0.2) is 22.6 Å². The van der Waals surface area contributed by atoms with Crippen molar-refractivity contribution >= 4 is 39.6 Å². The van der Waals surface area contributed by atoms with Crippen LogP contribution in [-0.2, 0) is 10.7 Å². The maximum atomic E-state index is 5.90. The van der Waals surface area contributed by atoms with Crippen LogP contribution in [0.4, 0.5) is 5.69 Å². The third kappa shape index (κ3) is 2.47. The Morgan fingerprint density at radius 1 is 1.17 bits per heavy atom. The lowest BCUT2D eigenvalue weighted by atomic mass is 10.3. The van der Waals surface area contributed by atoms with Gasteiger partial charge in [-0.2, -0.15) is 0 Å². The Morgan fingerprint density at radius 3 is 2.08 bits per heavy atom. The van der Waals surface area contributed by atoms with Gasteiger partial charge in [-0.05, 0) is 24.6 Å². The Hall–Kier alpha value is -0.0500. The van der Waals surface area contributed by atoms with Crippen LogP contribution < -0.4 is 0 Å². The largest absolute Gasteiger partial charge is 0.225 e. The zero-order valence-corrected chi connectivity index (χ0v) is 9.17. The van der Waals surface area contributed by atoms with E-state index < -0.39 is 0 Å². The first kappa shape index (κ1) is 10.0. The molecule has 0 aromatic heterocycles. The van der Waals surface area contributed by atoms with Gasteiger partial charge in [-0.15, -0.1) is 10.7 Å². The Balaban J connectivity index is 3.22. The molecule has 0 N–H and O–H groups in total. The molecule has 4 heteroatoms. The van der Waals surface area contributed by atoms with Gasteiger partial charge in [-0.3, -0.25) is 0 Å². The zero-order valence-electron chi connectivity index (χ0n) is 6.84. The van der Waals surface area contributed by atoms with E-state index in [0.717, 1.165) is 0 Å². The molecular weight excluding hydrogens is 213 g/mol. The maximum Gasteiger partial charge on any atom is 0.107 e. The molecule has 0 aliphatic heterocycles. The fourth-order valence-corrected chi connectivity index (χ4v) is 1.90. The SMILES string of the molecule is CS(C)=Nc1c(Cl)cccc1Cl. The molecule has 0 atom stereocenters. The van der Waals surface area contributed by atoms with Crippen LogP contribution in [0, 0.1) is 0 Å². The first-order valence-corrected chi connectivity index (χ1v) is 6.10. The topological polar surface area (TPSA) is 12.4 Å². The van der Waals surface area contributed by atoms with Crippen molar-refractivity contribution in [2.45, 2.75) is 0 Å². The Morgan fingerprint density at radius 2 is 1.67 bits per heavy atom. The van der Waals surface area contributed by atoms with Crippen LogP contribution in [0.2, 0.25) is 10.0 Å². The molecule has 1 aromatic carbocycles. The Kier molecular flexibility index (Phi) is 3.56. The van der Waals surface area contributed by atoms with E-state index in [9.17, 15) is 0 Å². The average molecular weight is 222 g/mol. The minimum atomic E-state index is -0.0310. The summed E-state index contributed by atoms with van der Waals surface area (Å²) in [6, 6.07) is 5.39. The summed E-state index contributed by atoms with van der Waals surface area (Å²) >= 11 is 11.8. The summed E-state index contributed by atoms with van der Waals surface area (Å²) in [5.41, 5.74) is 0.703. The van der Waals surface area contributed by atoms with Crippen molar-refractivity contribution in [1.29, 1.82) is 0 Å². The first-order valence-electron chi connectivity index (χ1n) is 3.34. The summed E-state index contributed by atoms with van der Waals surface area (Å²) in [5, 5.41) is 1.23. The number of nitrogens with zero attached hydrogens (tertiary/aromatic N) is 1. The van der Waals surface area contributed by atoms with Gasteiger partial charge in [0.1, 0.15) is 5.69 Å². The van der Waals surface area contributed by atoms with Gasteiger partial charge in [-0.25, -0.2) is 4.36 Å². The number of rotatable bonds is 1. The molecule has 0 aliphatic carbocycles. The third-order valence-electron chi connectivity index (χ3n) is 1.21. The molecule has 0 saturated heterocycles. The van der Waals surface area contributed by atoms with Crippen LogP contribution in [0.25, 0.3) is 0 Å². The van der Waals surface area contributed by atoms with E-state index in [4.69, 9.17) is 23.2 Å². The summed E-state index contributed by atoms with van der Waals surface area (Å²) in [7, 11) is -0.0310. The Labute approximate surface area is 84.8 Å². The van der Waals surface area contributed by atoms with Gasteiger partial charge in [0.2, 0.25) is 0 Å². The van der Waals surface area contributed by atoms with Crippen LogP contribution >= 0.6 is 23.2 Å². The van der Waals surface area contributed by atoms with Crippen molar-refractivity contribution in [3.63, 3.8) is 0 Å². The van der Waals surface area contributed by atoms with Gasteiger partial charge in [-0.1, -0.05) is 29.3 Å². The summed E-state index contributed by atoms with van der Waals surface area (Å²) in [6.45, 7) is 0. The molecule has 1 nitrogen and oxygen atoms in total. The minimum absolute atomic E-state index is 0.0310. The van der Waals surface area contributed by atoms with Crippen molar-refractivity contribution < 1.29 is 0 Å². The monoisotopic (exact) mass is 221 g/mol. The number of benzene rings is 1. The normalized spacial score (nSPS) is 10.4. The van der Waals surface area contributed by atoms with E-state index in [1.54, 1.807) is 12.1 Å². The number of halogens is 2. The lowest BCUT2D eigenvalue weighted by Gasteiger charge is -2.00. The standard InChI is InChI=1S/C8H9Cl2NS/c1-12(2)11-8-6(9)4-3-5-7(8)10/h3-5H,1-2H3. The summed E-state index contributed by atoms with van der Waals surface area (Å²) < 4.78 is 4.32. The molecule has 0 spiro atoms. The van der Waals surface area contributed by atoms with E-state index in [1.807, 2.05) is 18.6 Å². The smallest absolute Gasteiger partial charge is 0.107 e. The van der Waals surface area contributed by atoms with Gasteiger partial charge >= 0.3 is 0 Å². The summed E-state index contributed by atoms with van der Waals surface area (Å²) in [5.74, 6) is 0. The fourth-order valence-electron chi connectivity index (χ4n) is 0.759. The van der Waals surface area contributed by atoms with E-state index >= 15 is 0 Å². The van der Waals surface area contributed by atoms with Crippen LogP contribution in [0.3, 0.4) is 0 Å². The van der Waals surface area contributed by atoms with Crippen LogP contribution in [0.1, 0.15) is 0 Å². The van der Waals surface area contributed by atoms with Crippen molar-refractivity contribution in [1.82, 2.24) is 0 Å². The molecule has 0 bridgehead atoms. The van der Waals surface area contributed by atoms with Crippen LogP contribution in [0.5, 0.6) is 0 Å². The molecule has 1 aromatic rings. The second-order valence-corrected chi connectivity index (χ2v) is 4.98. The fraction of sp³-hybridized carbons (Fsp3) is 0.250. The highest BCUT2D eigenvalue weighted by Crippen LogP contribution is 2.32. The minimum Gasteiger partial charge on any atom is -0.225 e. The van der Waals surface area contributed by atoms with Crippen LogP contribution in [-0.4, -0.2) is 12.5 Å².